The van der Waals surface area contributed by atoms with Gasteiger partial charge in [-0.3, -0.25) is 4.99 Å². The summed E-state index contributed by atoms with van der Waals surface area (Å²) in [6.07, 6.45) is 5.55. The molecular formula is C18H28N4O2S. The molecule has 1 saturated heterocycles. The van der Waals surface area contributed by atoms with Crippen LogP contribution in [0.25, 0.3) is 0 Å². The fraction of sp³-hybridized carbons (Fsp3) is 0.611. The first-order valence-electron chi connectivity index (χ1n) is 9.14. The average molecular weight is 365 g/mol. The Morgan fingerprint density at radius 1 is 1.16 bits per heavy atom. The number of sulfonamides is 1. The van der Waals surface area contributed by atoms with Gasteiger partial charge in [-0.2, -0.15) is 4.31 Å². The Bertz CT molecular complexity index is 708. The van der Waals surface area contributed by atoms with E-state index in [2.05, 4.69) is 15.6 Å². The highest BCUT2D eigenvalue weighted by atomic mass is 32.2. The summed E-state index contributed by atoms with van der Waals surface area (Å²) in [5.41, 5.74) is 0.780. The molecule has 7 heteroatoms. The predicted octanol–water partition coefficient (Wildman–Crippen LogP) is 1.94. The first-order chi connectivity index (χ1) is 12.1. The smallest absolute Gasteiger partial charge is 0.243 e. The van der Waals surface area contributed by atoms with Crippen molar-refractivity contribution >= 4 is 16.0 Å². The molecule has 1 aliphatic heterocycles. The van der Waals surface area contributed by atoms with Gasteiger partial charge in [0.15, 0.2) is 5.96 Å². The quantitative estimate of drug-likeness (QED) is 0.598. The number of hydrogen-bond donors (Lipinski definition) is 2. The molecule has 3 rings (SSSR count). The lowest BCUT2D eigenvalue weighted by atomic mass is 10.2. The molecule has 0 aromatic heterocycles. The zero-order valence-electron chi connectivity index (χ0n) is 14.9. The fourth-order valence-corrected chi connectivity index (χ4v) is 4.85. The molecule has 1 aromatic carbocycles. The number of rotatable bonds is 6. The average Bonchev–Trinajstić information content (AvgIpc) is 3.47. The minimum absolute atomic E-state index is 0.405. The summed E-state index contributed by atoms with van der Waals surface area (Å²) in [6, 6.07) is 7.26. The topological polar surface area (TPSA) is 73.8 Å². The van der Waals surface area contributed by atoms with Gasteiger partial charge in [-0.25, -0.2) is 8.42 Å². The lowest BCUT2D eigenvalue weighted by Crippen LogP contribution is -2.39. The largest absolute Gasteiger partial charge is 0.356 e. The van der Waals surface area contributed by atoms with Crippen LogP contribution < -0.4 is 10.6 Å². The van der Waals surface area contributed by atoms with Crippen LogP contribution in [0.1, 0.15) is 37.7 Å². The van der Waals surface area contributed by atoms with Crippen molar-refractivity contribution < 1.29 is 8.42 Å². The number of nitrogens with zero attached hydrogens (tertiary/aromatic N) is 2. The van der Waals surface area contributed by atoms with Gasteiger partial charge in [0.25, 0.3) is 0 Å². The Kier molecular flexibility index (Phi) is 5.96. The normalized spacial score (nSPS) is 19.6. The second-order valence-corrected chi connectivity index (χ2v) is 8.73. The van der Waals surface area contributed by atoms with Gasteiger partial charge in [0.1, 0.15) is 0 Å². The van der Waals surface area contributed by atoms with Crippen LogP contribution >= 0.6 is 0 Å². The Morgan fingerprint density at radius 3 is 2.56 bits per heavy atom. The van der Waals surface area contributed by atoms with Gasteiger partial charge in [0, 0.05) is 33.2 Å². The van der Waals surface area contributed by atoms with Gasteiger partial charge < -0.3 is 10.6 Å². The van der Waals surface area contributed by atoms with E-state index in [1.807, 2.05) is 12.1 Å². The molecule has 0 atom stereocenters. The molecule has 1 aliphatic carbocycles. The molecule has 0 amide bonds. The molecule has 25 heavy (non-hydrogen) atoms. The summed E-state index contributed by atoms with van der Waals surface area (Å²) >= 11 is 0. The number of piperidine rings is 1. The van der Waals surface area contributed by atoms with Crippen LogP contribution in [0.2, 0.25) is 0 Å². The summed E-state index contributed by atoms with van der Waals surface area (Å²) in [6.45, 7) is 2.60. The number of benzene rings is 1. The molecular weight excluding hydrogens is 336 g/mol. The molecule has 1 heterocycles. The van der Waals surface area contributed by atoms with E-state index in [1.165, 1.54) is 12.8 Å². The lowest BCUT2D eigenvalue weighted by molar-refractivity contribution is 0.346. The van der Waals surface area contributed by atoms with E-state index < -0.39 is 10.0 Å². The van der Waals surface area contributed by atoms with Crippen LogP contribution in [0.4, 0.5) is 0 Å². The minimum Gasteiger partial charge on any atom is -0.356 e. The van der Waals surface area contributed by atoms with Gasteiger partial charge in [-0.15, -0.1) is 0 Å². The molecule has 0 unspecified atom stereocenters. The zero-order chi connectivity index (χ0) is 17.7. The van der Waals surface area contributed by atoms with E-state index in [0.29, 0.717) is 24.5 Å². The molecule has 0 radical (unpaired) electrons. The third kappa shape index (κ3) is 4.73. The van der Waals surface area contributed by atoms with Crippen molar-refractivity contribution in [2.24, 2.45) is 10.9 Å². The third-order valence-corrected chi connectivity index (χ3v) is 6.83. The van der Waals surface area contributed by atoms with Crippen LogP contribution in [0, 0.1) is 5.92 Å². The van der Waals surface area contributed by atoms with Crippen molar-refractivity contribution in [3.63, 3.8) is 0 Å². The number of guanidine groups is 1. The van der Waals surface area contributed by atoms with Crippen LogP contribution in [-0.2, 0) is 16.6 Å². The van der Waals surface area contributed by atoms with Gasteiger partial charge in [-0.05, 0) is 43.2 Å². The van der Waals surface area contributed by atoms with Crippen molar-refractivity contribution in [1.82, 2.24) is 14.9 Å². The second kappa shape index (κ2) is 8.19. The molecule has 0 spiro atoms. The van der Waals surface area contributed by atoms with Crippen molar-refractivity contribution in [1.29, 1.82) is 0 Å². The Hall–Kier alpha value is -1.60. The van der Waals surface area contributed by atoms with Gasteiger partial charge in [0.05, 0.1) is 4.90 Å². The van der Waals surface area contributed by atoms with Crippen molar-refractivity contribution in [2.75, 3.05) is 26.7 Å². The summed E-state index contributed by atoms with van der Waals surface area (Å²) < 4.78 is 27.6. The minimum atomic E-state index is -3.43. The van der Waals surface area contributed by atoms with E-state index in [0.717, 1.165) is 43.2 Å². The van der Waals surface area contributed by atoms with Crippen molar-refractivity contribution in [2.45, 2.75) is 43.5 Å². The molecule has 1 aromatic rings. The van der Waals surface area contributed by atoms with E-state index in [9.17, 15) is 8.42 Å². The van der Waals surface area contributed by atoms with Gasteiger partial charge >= 0.3 is 0 Å². The van der Waals surface area contributed by atoms with Crippen LogP contribution in [0.3, 0.4) is 0 Å². The molecule has 1 saturated carbocycles. The highest BCUT2D eigenvalue weighted by Gasteiger charge is 2.28. The molecule has 2 N–H and O–H groups in total. The van der Waals surface area contributed by atoms with Crippen LogP contribution in [0.5, 0.6) is 0 Å². The third-order valence-electron chi connectivity index (χ3n) is 4.83. The van der Waals surface area contributed by atoms with Crippen LogP contribution in [0.15, 0.2) is 34.2 Å². The van der Waals surface area contributed by atoms with Crippen molar-refractivity contribution in [3.05, 3.63) is 29.8 Å². The molecule has 0 bridgehead atoms. The Labute approximate surface area is 150 Å². The van der Waals surface area contributed by atoms with E-state index in [1.54, 1.807) is 23.5 Å². The summed E-state index contributed by atoms with van der Waals surface area (Å²) in [7, 11) is -1.70. The fourth-order valence-electron chi connectivity index (χ4n) is 3.11. The highest BCUT2D eigenvalue weighted by Crippen LogP contribution is 2.27. The maximum atomic E-state index is 13.0. The zero-order valence-corrected chi connectivity index (χ0v) is 15.7. The molecule has 2 aliphatic rings. The summed E-state index contributed by atoms with van der Waals surface area (Å²) in [5.74, 6) is 1.47. The second-order valence-electron chi connectivity index (χ2n) is 6.82. The van der Waals surface area contributed by atoms with E-state index >= 15 is 0 Å². The lowest BCUT2D eigenvalue weighted by Gasteiger charge is -2.27. The van der Waals surface area contributed by atoms with Crippen LogP contribution in [-0.4, -0.2) is 45.4 Å². The molecule has 2 fully saturated rings. The maximum Gasteiger partial charge on any atom is 0.243 e. The summed E-state index contributed by atoms with van der Waals surface area (Å²) in [5, 5.41) is 6.54. The maximum absolute atomic E-state index is 13.0. The van der Waals surface area contributed by atoms with Crippen molar-refractivity contribution in [3.8, 4) is 0 Å². The molecule has 138 valence electrons. The van der Waals surface area contributed by atoms with E-state index in [-0.39, 0.29) is 0 Å². The Morgan fingerprint density at radius 2 is 1.88 bits per heavy atom. The monoisotopic (exact) mass is 364 g/mol. The highest BCUT2D eigenvalue weighted by molar-refractivity contribution is 7.89. The first kappa shape index (κ1) is 18.2. The van der Waals surface area contributed by atoms with E-state index in [4.69, 9.17) is 0 Å². The SMILES string of the molecule is CN=C(NCc1ccccc1S(=O)(=O)N1CCCCC1)NCC1CC1. The number of nitrogens with one attached hydrogen (secondary N) is 2. The standard InChI is InChI=1S/C18H28N4O2S/c1-19-18(20-13-15-9-10-15)21-14-16-7-3-4-8-17(16)25(23,24)22-11-5-2-6-12-22/h3-4,7-8,15H,2,5-6,9-14H2,1H3,(H2,19,20,21). The molecule has 6 nitrogen and oxygen atoms in total. The number of hydrogen-bond acceptors (Lipinski definition) is 3. The number of aliphatic imine (C=N–C) groups is 1. The Balaban J connectivity index is 1.69. The van der Waals surface area contributed by atoms with Gasteiger partial charge in [0.2, 0.25) is 10.0 Å². The van der Waals surface area contributed by atoms with Gasteiger partial charge in [-0.1, -0.05) is 24.6 Å². The predicted molar refractivity (Wildman–Crippen MR) is 100.0 cm³/mol. The first-order valence-corrected chi connectivity index (χ1v) is 10.6. The summed E-state index contributed by atoms with van der Waals surface area (Å²) in [4.78, 5) is 4.62.